The highest BCUT2D eigenvalue weighted by Gasteiger charge is 2.34. The summed E-state index contributed by atoms with van der Waals surface area (Å²) in [6, 6.07) is 7.00. The van der Waals surface area contributed by atoms with E-state index >= 15 is 0 Å². The number of amides is 2. The monoisotopic (exact) mass is 275 g/mol. The molecule has 0 bridgehead atoms. The van der Waals surface area contributed by atoms with Crippen LogP contribution in [0.25, 0.3) is 0 Å². The first-order valence-electron chi connectivity index (χ1n) is 7.32. The molecule has 1 aliphatic rings. The van der Waals surface area contributed by atoms with Crippen LogP contribution in [-0.4, -0.2) is 35.0 Å². The van der Waals surface area contributed by atoms with Crippen molar-refractivity contribution >= 4 is 11.8 Å². The van der Waals surface area contributed by atoms with Gasteiger partial charge in [0.15, 0.2) is 0 Å². The van der Waals surface area contributed by atoms with Gasteiger partial charge in [0.2, 0.25) is 0 Å². The van der Waals surface area contributed by atoms with E-state index in [0.29, 0.717) is 17.7 Å². The van der Waals surface area contributed by atoms with Crippen molar-refractivity contribution in [3.63, 3.8) is 0 Å². The number of benzene rings is 1. The Bertz CT molecular complexity index is 449. The van der Waals surface area contributed by atoms with E-state index in [1.54, 1.807) is 24.3 Å². The number of aliphatic hydroxyl groups is 1. The van der Waals surface area contributed by atoms with Crippen molar-refractivity contribution in [2.75, 3.05) is 13.2 Å². The number of imide groups is 1. The molecule has 0 fully saturated rings. The number of aliphatic hydroxyl groups excluding tert-OH is 1. The molecule has 1 aliphatic heterocycles. The van der Waals surface area contributed by atoms with E-state index in [0.717, 1.165) is 38.5 Å². The standard InChI is InChI=1S/C16H21NO3/c18-12-8-4-2-1-3-7-11-17-15(19)13-9-5-6-10-14(13)16(17)20/h5-6,9-10,18H,1-4,7-8,11-12H2. The summed E-state index contributed by atoms with van der Waals surface area (Å²) < 4.78 is 0. The zero-order chi connectivity index (χ0) is 14.4. The van der Waals surface area contributed by atoms with Gasteiger partial charge in [0.1, 0.15) is 0 Å². The maximum absolute atomic E-state index is 12.1. The van der Waals surface area contributed by atoms with E-state index in [-0.39, 0.29) is 18.4 Å². The number of hydrogen-bond acceptors (Lipinski definition) is 3. The predicted octanol–water partition coefficient (Wildman–Crippen LogP) is 2.62. The van der Waals surface area contributed by atoms with Crippen molar-refractivity contribution in [3.8, 4) is 0 Å². The molecule has 0 saturated heterocycles. The molecular weight excluding hydrogens is 254 g/mol. The number of carbonyl (C=O) groups excluding carboxylic acids is 2. The number of rotatable bonds is 8. The second-order valence-electron chi connectivity index (χ2n) is 5.15. The van der Waals surface area contributed by atoms with Crippen LogP contribution >= 0.6 is 0 Å². The van der Waals surface area contributed by atoms with Gasteiger partial charge in [0.05, 0.1) is 11.1 Å². The third-order valence-corrected chi connectivity index (χ3v) is 3.67. The van der Waals surface area contributed by atoms with Crippen molar-refractivity contribution < 1.29 is 14.7 Å². The van der Waals surface area contributed by atoms with Gasteiger partial charge in [-0.15, -0.1) is 0 Å². The molecule has 20 heavy (non-hydrogen) atoms. The minimum atomic E-state index is -0.161. The molecule has 2 amide bonds. The van der Waals surface area contributed by atoms with E-state index < -0.39 is 0 Å². The van der Waals surface area contributed by atoms with Crippen LogP contribution in [0.15, 0.2) is 24.3 Å². The molecule has 108 valence electrons. The molecule has 0 saturated carbocycles. The highest BCUT2D eigenvalue weighted by molar-refractivity contribution is 6.21. The molecule has 0 atom stereocenters. The molecule has 0 aromatic heterocycles. The Morgan fingerprint density at radius 2 is 1.30 bits per heavy atom. The van der Waals surface area contributed by atoms with E-state index in [1.165, 1.54) is 4.90 Å². The van der Waals surface area contributed by atoms with Crippen molar-refractivity contribution in [1.29, 1.82) is 0 Å². The average Bonchev–Trinajstić information content (AvgIpc) is 2.71. The largest absolute Gasteiger partial charge is 0.396 e. The number of nitrogens with zero attached hydrogens (tertiary/aromatic N) is 1. The summed E-state index contributed by atoms with van der Waals surface area (Å²) >= 11 is 0. The maximum Gasteiger partial charge on any atom is 0.261 e. The minimum Gasteiger partial charge on any atom is -0.396 e. The Kier molecular flexibility index (Phi) is 5.30. The van der Waals surface area contributed by atoms with Gasteiger partial charge in [0.25, 0.3) is 11.8 Å². The zero-order valence-electron chi connectivity index (χ0n) is 11.7. The van der Waals surface area contributed by atoms with Crippen molar-refractivity contribution in [3.05, 3.63) is 35.4 Å². The smallest absolute Gasteiger partial charge is 0.261 e. The number of hydrogen-bond donors (Lipinski definition) is 1. The third-order valence-electron chi connectivity index (χ3n) is 3.67. The van der Waals surface area contributed by atoms with E-state index in [9.17, 15) is 9.59 Å². The lowest BCUT2D eigenvalue weighted by Crippen LogP contribution is -2.30. The summed E-state index contributed by atoms with van der Waals surface area (Å²) in [5, 5.41) is 8.68. The summed E-state index contributed by atoms with van der Waals surface area (Å²) in [5.41, 5.74) is 1.06. The normalized spacial score (nSPS) is 13.9. The SMILES string of the molecule is O=C1c2ccccc2C(=O)N1CCCCCCCCO. The van der Waals surface area contributed by atoms with Crippen molar-refractivity contribution in [2.45, 2.75) is 38.5 Å². The lowest BCUT2D eigenvalue weighted by atomic mass is 10.1. The van der Waals surface area contributed by atoms with Crippen LogP contribution in [-0.2, 0) is 0 Å². The molecule has 0 radical (unpaired) electrons. The van der Waals surface area contributed by atoms with Gasteiger partial charge in [-0.3, -0.25) is 14.5 Å². The van der Waals surface area contributed by atoms with Gasteiger partial charge in [-0.25, -0.2) is 0 Å². The molecule has 0 aliphatic carbocycles. The molecule has 4 nitrogen and oxygen atoms in total. The Labute approximate surface area is 119 Å². The summed E-state index contributed by atoms with van der Waals surface area (Å²) in [6.07, 6.45) is 5.96. The first-order chi connectivity index (χ1) is 9.75. The summed E-state index contributed by atoms with van der Waals surface area (Å²) in [7, 11) is 0. The Morgan fingerprint density at radius 1 is 0.800 bits per heavy atom. The van der Waals surface area contributed by atoms with Crippen LogP contribution < -0.4 is 0 Å². The molecule has 4 heteroatoms. The first-order valence-corrected chi connectivity index (χ1v) is 7.32. The Hall–Kier alpha value is -1.68. The molecule has 0 unspecified atom stereocenters. The third kappa shape index (κ3) is 3.25. The Balaban J connectivity index is 1.75. The summed E-state index contributed by atoms with van der Waals surface area (Å²) in [5.74, 6) is -0.322. The van der Waals surface area contributed by atoms with Crippen LogP contribution in [0.4, 0.5) is 0 Å². The molecular formula is C16H21NO3. The van der Waals surface area contributed by atoms with Crippen LogP contribution in [0.5, 0.6) is 0 Å². The molecule has 1 N–H and O–H groups in total. The number of unbranched alkanes of at least 4 members (excludes halogenated alkanes) is 5. The zero-order valence-corrected chi connectivity index (χ0v) is 11.7. The topological polar surface area (TPSA) is 57.6 Å². The van der Waals surface area contributed by atoms with Crippen LogP contribution in [0.1, 0.15) is 59.2 Å². The quantitative estimate of drug-likeness (QED) is 0.586. The lowest BCUT2D eigenvalue weighted by Gasteiger charge is -2.13. The highest BCUT2D eigenvalue weighted by Crippen LogP contribution is 2.22. The van der Waals surface area contributed by atoms with Crippen LogP contribution in [0.2, 0.25) is 0 Å². The van der Waals surface area contributed by atoms with Gasteiger partial charge >= 0.3 is 0 Å². The van der Waals surface area contributed by atoms with Gasteiger partial charge in [-0.2, -0.15) is 0 Å². The lowest BCUT2D eigenvalue weighted by molar-refractivity contribution is 0.0651. The second kappa shape index (κ2) is 7.20. The summed E-state index contributed by atoms with van der Waals surface area (Å²) in [6.45, 7) is 0.765. The van der Waals surface area contributed by atoms with E-state index in [2.05, 4.69) is 0 Å². The van der Waals surface area contributed by atoms with Crippen molar-refractivity contribution in [2.24, 2.45) is 0 Å². The molecule has 1 aromatic carbocycles. The van der Waals surface area contributed by atoms with Crippen LogP contribution in [0, 0.1) is 0 Å². The molecule has 0 spiro atoms. The van der Waals surface area contributed by atoms with Gasteiger partial charge in [-0.05, 0) is 25.0 Å². The van der Waals surface area contributed by atoms with Gasteiger partial charge in [-0.1, -0.05) is 37.8 Å². The maximum atomic E-state index is 12.1. The fraction of sp³-hybridized carbons (Fsp3) is 0.500. The summed E-state index contributed by atoms with van der Waals surface area (Å²) in [4.78, 5) is 25.5. The fourth-order valence-corrected chi connectivity index (χ4v) is 2.53. The average molecular weight is 275 g/mol. The minimum absolute atomic E-state index is 0.161. The van der Waals surface area contributed by atoms with Gasteiger partial charge < -0.3 is 5.11 Å². The number of fused-ring (bicyclic) bond motifs is 1. The molecule has 2 rings (SSSR count). The van der Waals surface area contributed by atoms with Crippen LogP contribution in [0.3, 0.4) is 0 Å². The van der Waals surface area contributed by atoms with Gasteiger partial charge in [0, 0.05) is 13.2 Å². The van der Waals surface area contributed by atoms with E-state index in [4.69, 9.17) is 5.11 Å². The predicted molar refractivity (Wildman–Crippen MR) is 76.6 cm³/mol. The number of carbonyl (C=O) groups is 2. The highest BCUT2D eigenvalue weighted by atomic mass is 16.3. The van der Waals surface area contributed by atoms with E-state index in [1.807, 2.05) is 0 Å². The second-order valence-corrected chi connectivity index (χ2v) is 5.15. The molecule has 1 aromatic rings. The fourth-order valence-electron chi connectivity index (χ4n) is 2.53. The Morgan fingerprint density at radius 3 is 1.85 bits per heavy atom. The first kappa shape index (κ1) is 14.7. The van der Waals surface area contributed by atoms with Crippen molar-refractivity contribution in [1.82, 2.24) is 4.90 Å². The molecule has 1 heterocycles.